The molecule has 3 atom stereocenters. The van der Waals surface area contributed by atoms with Gasteiger partial charge < -0.3 is 15.4 Å². The summed E-state index contributed by atoms with van der Waals surface area (Å²) >= 11 is 1.74. The second-order valence-corrected chi connectivity index (χ2v) is 6.25. The van der Waals surface area contributed by atoms with Crippen LogP contribution in [0, 0.1) is 11.8 Å². The number of nitrogens with one attached hydrogen (secondary N) is 2. The molecule has 1 aliphatic rings. The van der Waals surface area contributed by atoms with Gasteiger partial charge in [0.1, 0.15) is 0 Å². The summed E-state index contributed by atoms with van der Waals surface area (Å²) in [5.74, 6) is 1.90. The molecule has 18 heavy (non-hydrogen) atoms. The van der Waals surface area contributed by atoms with Crippen molar-refractivity contribution in [1.82, 2.24) is 10.6 Å². The summed E-state index contributed by atoms with van der Waals surface area (Å²) in [6.07, 6.45) is 3.37. The van der Waals surface area contributed by atoms with Gasteiger partial charge in [0.05, 0.1) is 6.10 Å². The number of urea groups is 1. The smallest absolute Gasteiger partial charge is 0.315 e. The molecule has 0 radical (unpaired) electrons. The van der Waals surface area contributed by atoms with Crippen LogP contribution in [0.25, 0.3) is 0 Å². The van der Waals surface area contributed by atoms with E-state index in [4.69, 9.17) is 4.74 Å². The molecular weight excluding hydrogens is 248 g/mol. The van der Waals surface area contributed by atoms with Crippen molar-refractivity contribution in [2.45, 2.75) is 39.3 Å². The zero-order valence-corrected chi connectivity index (χ0v) is 12.7. The Bertz CT molecular complexity index is 261. The topological polar surface area (TPSA) is 50.4 Å². The zero-order chi connectivity index (χ0) is 13.5. The van der Waals surface area contributed by atoms with Crippen LogP contribution in [0.4, 0.5) is 4.79 Å². The van der Waals surface area contributed by atoms with Crippen LogP contribution in [0.3, 0.4) is 0 Å². The number of hydrogen-bond acceptors (Lipinski definition) is 3. The van der Waals surface area contributed by atoms with E-state index in [0.717, 1.165) is 18.8 Å². The molecule has 0 bridgehead atoms. The molecule has 1 fully saturated rings. The Morgan fingerprint density at radius 2 is 2.17 bits per heavy atom. The highest BCUT2D eigenvalue weighted by Crippen LogP contribution is 2.25. The molecule has 1 heterocycles. The number of ether oxygens (including phenoxy) is 1. The average molecular weight is 274 g/mol. The zero-order valence-electron chi connectivity index (χ0n) is 11.9. The summed E-state index contributed by atoms with van der Waals surface area (Å²) in [5.41, 5.74) is 0. The summed E-state index contributed by atoms with van der Waals surface area (Å²) in [5, 5.41) is 5.90. The Hall–Kier alpha value is -0.420. The van der Waals surface area contributed by atoms with Crippen LogP contribution in [-0.2, 0) is 4.74 Å². The van der Waals surface area contributed by atoms with Crippen LogP contribution in [-0.4, -0.2) is 43.3 Å². The minimum Gasteiger partial charge on any atom is -0.378 e. The van der Waals surface area contributed by atoms with Gasteiger partial charge in [0.15, 0.2) is 0 Å². The van der Waals surface area contributed by atoms with E-state index in [0.29, 0.717) is 18.4 Å². The van der Waals surface area contributed by atoms with Gasteiger partial charge in [-0.2, -0.15) is 11.8 Å². The van der Waals surface area contributed by atoms with Crippen molar-refractivity contribution in [3.05, 3.63) is 0 Å². The van der Waals surface area contributed by atoms with E-state index in [1.807, 2.05) is 13.2 Å². The minimum atomic E-state index is -0.0639. The Kier molecular flexibility index (Phi) is 6.86. The first-order valence-corrected chi connectivity index (χ1v) is 8.08. The maximum absolute atomic E-state index is 11.7. The summed E-state index contributed by atoms with van der Waals surface area (Å²) < 4.78 is 5.70. The van der Waals surface area contributed by atoms with Gasteiger partial charge >= 0.3 is 6.03 Å². The largest absolute Gasteiger partial charge is 0.378 e. The molecule has 0 spiro atoms. The molecule has 0 aromatic carbocycles. The predicted octanol–water partition coefficient (Wildman–Crippen LogP) is 2.10. The molecule has 1 rings (SSSR count). The average Bonchev–Trinajstić information content (AvgIpc) is 2.74. The molecule has 0 saturated carbocycles. The molecule has 4 nitrogen and oxygen atoms in total. The molecule has 2 amide bonds. The van der Waals surface area contributed by atoms with Gasteiger partial charge in [-0.15, -0.1) is 0 Å². The molecule has 0 unspecified atom stereocenters. The van der Waals surface area contributed by atoms with Crippen LogP contribution < -0.4 is 10.6 Å². The van der Waals surface area contributed by atoms with Gasteiger partial charge in [0.2, 0.25) is 0 Å². The molecule has 5 heteroatoms. The summed E-state index contributed by atoms with van der Waals surface area (Å²) in [6.45, 7) is 7.89. The van der Waals surface area contributed by atoms with Crippen molar-refractivity contribution in [3.8, 4) is 0 Å². The van der Waals surface area contributed by atoms with E-state index in [9.17, 15) is 4.79 Å². The van der Waals surface area contributed by atoms with E-state index >= 15 is 0 Å². The predicted molar refractivity (Wildman–Crippen MR) is 77.1 cm³/mol. The number of hydrogen-bond donors (Lipinski definition) is 2. The third-order valence-electron chi connectivity index (χ3n) is 3.24. The standard InChI is InChI=1S/C13H26N2O2S/c1-9(2)12-11(5-6-17-12)7-14-13(16)15-10(3)8-18-4/h9-12H,5-8H2,1-4H3,(H2,14,15,16)/t10-,11-,12+/m0/s1. The summed E-state index contributed by atoms with van der Waals surface area (Å²) in [6, 6.07) is 0.145. The lowest BCUT2D eigenvalue weighted by atomic mass is 9.93. The minimum absolute atomic E-state index is 0.0639. The highest BCUT2D eigenvalue weighted by Gasteiger charge is 2.30. The number of thioether (sulfide) groups is 1. The summed E-state index contributed by atoms with van der Waals surface area (Å²) in [7, 11) is 0. The lowest BCUT2D eigenvalue weighted by molar-refractivity contribution is 0.0545. The lowest BCUT2D eigenvalue weighted by Gasteiger charge is -2.22. The van der Waals surface area contributed by atoms with E-state index in [-0.39, 0.29) is 18.2 Å². The number of rotatable bonds is 6. The van der Waals surface area contributed by atoms with E-state index in [2.05, 4.69) is 24.5 Å². The fourth-order valence-corrected chi connectivity index (χ4v) is 2.98. The third kappa shape index (κ3) is 5.06. The molecule has 2 N–H and O–H groups in total. The first-order chi connectivity index (χ1) is 8.54. The maximum Gasteiger partial charge on any atom is 0.315 e. The van der Waals surface area contributed by atoms with E-state index in [1.165, 1.54) is 0 Å². The fourth-order valence-electron chi connectivity index (χ4n) is 2.40. The number of carbonyl (C=O) groups is 1. The first kappa shape index (κ1) is 15.6. The van der Waals surface area contributed by atoms with Crippen LogP contribution in [0.15, 0.2) is 0 Å². The molecule has 106 valence electrons. The first-order valence-electron chi connectivity index (χ1n) is 6.69. The Balaban J connectivity index is 2.25. The Labute approximate surface area is 115 Å². The molecular formula is C13H26N2O2S. The Morgan fingerprint density at radius 1 is 1.44 bits per heavy atom. The van der Waals surface area contributed by atoms with Gasteiger partial charge in [-0.1, -0.05) is 13.8 Å². The van der Waals surface area contributed by atoms with Crippen molar-refractivity contribution in [2.75, 3.05) is 25.2 Å². The quantitative estimate of drug-likeness (QED) is 0.780. The second kappa shape index (κ2) is 7.89. The molecule has 1 aliphatic heterocycles. The summed E-state index contributed by atoms with van der Waals surface area (Å²) in [4.78, 5) is 11.7. The van der Waals surface area contributed by atoms with Crippen molar-refractivity contribution < 1.29 is 9.53 Å². The SMILES string of the molecule is CSC[C@H](C)NC(=O)NC[C@@H]1CCO[C@@H]1C(C)C. The van der Waals surface area contributed by atoms with E-state index in [1.54, 1.807) is 11.8 Å². The van der Waals surface area contributed by atoms with Crippen molar-refractivity contribution in [3.63, 3.8) is 0 Å². The third-order valence-corrected chi connectivity index (χ3v) is 4.07. The van der Waals surface area contributed by atoms with Crippen molar-refractivity contribution >= 4 is 17.8 Å². The van der Waals surface area contributed by atoms with Gasteiger partial charge in [-0.3, -0.25) is 0 Å². The van der Waals surface area contributed by atoms with Crippen molar-refractivity contribution in [2.24, 2.45) is 11.8 Å². The highest BCUT2D eigenvalue weighted by molar-refractivity contribution is 7.98. The molecule has 0 aromatic heterocycles. The Morgan fingerprint density at radius 3 is 2.78 bits per heavy atom. The maximum atomic E-state index is 11.7. The van der Waals surface area contributed by atoms with Crippen LogP contribution in [0.1, 0.15) is 27.2 Å². The number of carbonyl (C=O) groups excluding carboxylic acids is 1. The van der Waals surface area contributed by atoms with Gasteiger partial charge in [0.25, 0.3) is 0 Å². The molecule has 0 aromatic rings. The van der Waals surface area contributed by atoms with E-state index < -0.39 is 0 Å². The van der Waals surface area contributed by atoms with Crippen LogP contribution in [0.2, 0.25) is 0 Å². The van der Waals surface area contributed by atoms with Crippen molar-refractivity contribution in [1.29, 1.82) is 0 Å². The number of amides is 2. The monoisotopic (exact) mass is 274 g/mol. The molecule has 1 saturated heterocycles. The van der Waals surface area contributed by atoms with Crippen LogP contribution >= 0.6 is 11.8 Å². The molecule has 0 aliphatic carbocycles. The second-order valence-electron chi connectivity index (χ2n) is 5.34. The normalized spacial score (nSPS) is 25.2. The fraction of sp³-hybridized carbons (Fsp3) is 0.923. The highest BCUT2D eigenvalue weighted by atomic mass is 32.2. The van der Waals surface area contributed by atoms with Gasteiger partial charge in [-0.25, -0.2) is 4.79 Å². The van der Waals surface area contributed by atoms with Crippen LogP contribution in [0.5, 0.6) is 0 Å². The van der Waals surface area contributed by atoms with Gasteiger partial charge in [-0.05, 0) is 25.5 Å². The lowest BCUT2D eigenvalue weighted by Crippen LogP contribution is -2.44. The van der Waals surface area contributed by atoms with Gasteiger partial charge in [0, 0.05) is 30.9 Å².